The normalized spacial score (nSPS) is 11.3. The van der Waals surface area contributed by atoms with Gasteiger partial charge < -0.3 is 19.7 Å². The van der Waals surface area contributed by atoms with Crippen LogP contribution in [0.3, 0.4) is 0 Å². The Balaban J connectivity index is 2.23. The Morgan fingerprint density at radius 1 is 0.778 bits per heavy atom. The molecule has 0 radical (unpaired) electrons. The minimum Gasteiger partial charge on any atom is -0.482 e. The van der Waals surface area contributed by atoms with Crippen LogP contribution in [0.15, 0.2) is 48.5 Å². The van der Waals surface area contributed by atoms with Crippen LogP contribution in [0, 0.1) is 0 Å². The van der Waals surface area contributed by atoms with Gasteiger partial charge >= 0.3 is 11.9 Å². The van der Waals surface area contributed by atoms with Gasteiger partial charge in [0, 0.05) is 0 Å². The first-order valence-corrected chi connectivity index (χ1v) is 8.76. The predicted octanol–water partition coefficient (Wildman–Crippen LogP) is 4.12. The number of halogens is 3. The minimum absolute atomic E-state index is 0.377. The van der Waals surface area contributed by atoms with Crippen LogP contribution in [0.5, 0.6) is 11.5 Å². The third-order valence-corrected chi connectivity index (χ3v) is 4.13. The number of ether oxygens (including phenoxy) is 2. The highest BCUT2D eigenvalue weighted by atomic mass is 35.6. The second kappa shape index (κ2) is 9.17. The van der Waals surface area contributed by atoms with Crippen LogP contribution >= 0.6 is 34.8 Å². The molecule has 0 aliphatic heterocycles. The van der Waals surface area contributed by atoms with Crippen molar-refractivity contribution in [2.45, 2.75) is 9.71 Å². The number of hydrogen-bond donors (Lipinski definition) is 2. The molecule has 2 N–H and O–H groups in total. The van der Waals surface area contributed by atoms with Gasteiger partial charge in [-0.15, -0.1) is 0 Å². The summed E-state index contributed by atoms with van der Waals surface area (Å²) in [7, 11) is 0. The number of carboxylic acids is 2. The average Bonchev–Trinajstić information content (AvgIpc) is 2.59. The van der Waals surface area contributed by atoms with Crippen molar-refractivity contribution in [3.63, 3.8) is 0 Å². The van der Waals surface area contributed by atoms with Gasteiger partial charge in [0.1, 0.15) is 11.5 Å². The lowest BCUT2D eigenvalue weighted by atomic mass is 9.92. The molecule has 0 fully saturated rings. The summed E-state index contributed by atoms with van der Waals surface area (Å²) in [6.07, 6.45) is 0. The van der Waals surface area contributed by atoms with Gasteiger partial charge in [-0.3, -0.25) is 0 Å². The Morgan fingerprint density at radius 2 is 1.11 bits per heavy atom. The summed E-state index contributed by atoms with van der Waals surface area (Å²) in [5.74, 6) is -2.03. The third kappa shape index (κ3) is 6.50. The summed E-state index contributed by atoms with van der Waals surface area (Å²) in [6, 6.07) is 13.1. The van der Waals surface area contributed by atoms with Crippen molar-refractivity contribution in [3.8, 4) is 11.5 Å². The molecule has 27 heavy (non-hydrogen) atoms. The molecule has 0 aromatic heterocycles. The van der Waals surface area contributed by atoms with Crippen LogP contribution in [0.2, 0.25) is 0 Å². The highest BCUT2D eigenvalue weighted by Crippen LogP contribution is 2.46. The van der Waals surface area contributed by atoms with Crippen LogP contribution < -0.4 is 9.47 Å². The maximum atomic E-state index is 10.6. The maximum Gasteiger partial charge on any atom is 0.341 e. The van der Waals surface area contributed by atoms with E-state index < -0.39 is 34.9 Å². The first-order chi connectivity index (χ1) is 12.7. The van der Waals surface area contributed by atoms with E-state index in [1.807, 2.05) is 0 Å². The van der Waals surface area contributed by atoms with E-state index in [1.54, 1.807) is 48.5 Å². The first-order valence-electron chi connectivity index (χ1n) is 7.62. The van der Waals surface area contributed by atoms with E-state index in [0.717, 1.165) is 0 Å². The van der Waals surface area contributed by atoms with Gasteiger partial charge in [0.05, 0.1) is 5.92 Å². The van der Waals surface area contributed by atoms with Crippen LogP contribution in [0.4, 0.5) is 0 Å². The highest BCUT2D eigenvalue weighted by molar-refractivity contribution is 6.68. The van der Waals surface area contributed by atoms with Gasteiger partial charge in [-0.2, -0.15) is 0 Å². The first kappa shape index (κ1) is 21.2. The fourth-order valence-corrected chi connectivity index (χ4v) is 3.13. The van der Waals surface area contributed by atoms with E-state index in [-0.39, 0.29) is 0 Å². The van der Waals surface area contributed by atoms with E-state index in [1.165, 1.54) is 0 Å². The molecule has 0 spiro atoms. The molecule has 0 heterocycles. The van der Waals surface area contributed by atoms with Crippen molar-refractivity contribution in [1.82, 2.24) is 0 Å². The van der Waals surface area contributed by atoms with E-state index >= 15 is 0 Å². The summed E-state index contributed by atoms with van der Waals surface area (Å²) in [4.78, 5) is 21.1. The lowest BCUT2D eigenvalue weighted by Gasteiger charge is -2.25. The number of carboxylic acid groups (broad SMARTS) is 2. The maximum absolute atomic E-state index is 10.6. The molecule has 0 aliphatic carbocycles. The van der Waals surface area contributed by atoms with E-state index in [0.29, 0.717) is 22.6 Å². The molecule has 0 amide bonds. The van der Waals surface area contributed by atoms with Gasteiger partial charge in [0.25, 0.3) is 0 Å². The second-order valence-electron chi connectivity index (χ2n) is 5.48. The van der Waals surface area contributed by atoms with Crippen LogP contribution in [0.25, 0.3) is 0 Å². The van der Waals surface area contributed by atoms with Crippen molar-refractivity contribution in [1.29, 1.82) is 0 Å². The molecule has 0 atom stereocenters. The average molecular weight is 434 g/mol. The quantitative estimate of drug-likeness (QED) is 0.608. The summed E-state index contributed by atoms with van der Waals surface area (Å²) < 4.78 is 8.53. The van der Waals surface area contributed by atoms with Crippen LogP contribution in [-0.2, 0) is 9.59 Å². The fourth-order valence-electron chi connectivity index (χ4n) is 2.37. The lowest BCUT2D eigenvalue weighted by molar-refractivity contribution is -0.140. The Labute approximate surface area is 170 Å². The SMILES string of the molecule is O=C(O)COc1ccc(C(c2ccc(OCC(=O)O)cc2)C(Cl)(Cl)Cl)cc1. The van der Waals surface area contributed by atoms with Crippen LogP contribution in [0.1, 0.15) is 17.0 Å². The van der Waals surface area contributed by atoms with Gasteiger partial charge in [-0.05, 0) is 35.4 Å². The monoisotopic (exact) mass is 432 g/mol. The lowest BCUT2D eigenvalue weighted by Crippen LogP contribution is -2.18. The summed E-state index contributed by atoms with van der Waals surface area (Å²) in [5.41, 5.74) is 1.36. The summed E-state index contributed by atoms with van der Waals surface area (Å²) >= 11 is 18.5. The fraction of sp³-hybridized carbons (Fsp3) is 0.222. The summed E-state index contributed by atoms with van der Waals surface area (Å²) in [5, 5.41) is 17.3. The Bertz CT molecular complexity index is 723. The molecule has 0 saturated carbocycles. The molecular formula is C18H15Cl3O6. The molecule has 2 aromatic carbocycles. The number of carbonyl (C=O) groups is 2. The van der Waals surface area contributed by atoms with Gasteiger partial charge in [0.15, 0.2) is 13.2 Å². The van der Waals surface area contributed by atoms with Crippen molar-refractivity contribution in [2.75, 3.05) is 13.2 Å². The zero-order valence-corrected chi connectivity index (χ0v) is 16.0. The standard InChI is InChI=1S/C18H15Cl3O6/c19-18(20,21)17(11-1-5-13(6-2-11)26-9-15(22)23)12-3-7-14(8-4-12)27-10-16(24)25/h1-8,17H,9-10H2,(H,22,23)(H,24,25). The van der Waals surface area contributed by atoms with Gasteiger partial charge in [0.2, 0.25) is 3.79 Å². The molecule has 9 heteroatoms. The van der Waals surface area contributed by atoms with Crippen molar-refractivity contribution >= 4 is 46.7 Å². The molecule has 144 valence electrons. The third-order valence-electron chi connectivity index (χ3n) is 3.48. The summed E-state index contributed by atoms with van der Waals surface area (Å²) in [6.45, 7) is -0.907. The molecule has 0 aliphatic rings. The molecular weight excluding hydrogens is 419 g/mol. The molecule has 6 nitrogen and oxygen atoms in total. The smallest absolute Gasteiger partial charge is 0.341 e. The zero-order valence-electron chi connectivity index (χ0n) is 13.8. The van der Waals surface area contributed by atoms with Gasteiger partial charge in [-0.1, -0.05) is 59.1 Å². The number of alkyl halides is 3. The number of benzene rings is 2. The number of hydrogen-bond acceptors (Lipinski definition) is 4. The minimum atomic E-state index is -1.66. The Kier molecular flexibility index (Phi) is 7.18. The van der Waals surface area contributed by atoms with E-state index in [4.69, 9.17) is 54.5 Å². The van der Waals surface area contributed by atoms with Crippen molar-refractivity contribution in [3.05, 3.63) is 59.7 Å². The Hall–Kier alpha value is -2.15. The van der Waals surface area contributed by atoms with Gasteiger partial charge in [-0.25, -0.2) is 9.59 Å². The largest absolute Gasteiger partial charge is 0.482 e. The molecule has 0 unspecified atom stereocenters. The molecule has 0 saturated heterocycles. The number of rotatable bonds is 8. The molecule has 2 aromatic rings. The molecule has 0 bridgehead atoms. The zero-order chi connectivity index (χ0) is 20.0. The highest BCUT2D eigenvalue weighted by Gasteiger charge is 2.35. The predicted molar refractivity (Wildman–Crippen MR) is 101 cm³/mol. The van der Waals surface area contributed by atoms with E-state index in [2.05, 4.69) is 0 Å². The number of aliphatic carboxylic acids is 2. The molecule has 2 rings (SSSR count). The Morgan fingerprint density at radius 3 is 1.37 bits per heavy atom. The van der Waals surface area contributed by atoms with E-state index in [9.17, 15) is 9.59 Å². The second-order valence-corrected chi connectivity index (χ2v) is 7.85. The van der Waals surface area contributed by atoms with Crippen molar-refractivity contribution in [2.24, 2.45) is 0 Å². The van der Waals surface area contributed by atoms with Crippen molar-refractivity contribution < 1.29 is 29.3 Å². The topological polar surface area (TPSA) is 93.1 Å². The van der Waals surface area contributed by atoms with Crippen LogP contribution in [-0.4, -0.2) is 39.2 Å².